The van der Waals surface area contributed by atoms with E-state index in [0.29, 0.717) is 6.61 Å². The van der Waals surface area contributed by atoms with Gasteiger partial charge in [-0.25, -0.2) is 4.98 Å². The first-order valence-electron chi connectivity index (χ1n) is 9.72. The molecule has 0 spiro atoms. The molecule has 1 fully saturated rings. The Morgan fingerprint density at radius 1 is 1.17 bits per heavy atom. The summed E-state index contributed by atoms with van der Waals surface area (Å²) in [4.78, 5) is 4.52. The van der Waals surface area contributed by atoms with Gasteiger partial charge in [0.25, 0.3) is 0 Å². The summed E-state index contributed by atoms with van der Waals surface area (Å²) in [6.07, 6.45) is 5.72. The minimum absolute atomic E-state index is 0.0661. The molecule has 8 heteroatoms. The predicted molar refractivity (Wildman–Crippen MR) is 111 cm³/mol. The molecule has 0 aliphatic carbocycles. The number of fused-ring (bicyclic) bond motifs is 1. The molecule has 1 aliphatic heterocycles. The molecule has 29 heavy (non-hydrogen) atoms. The highest BCUT2D eigenvalue weighted by Crippen LogP contribution is 2.26. The Bertz CT molecular complexity index is 1100. The average Bonchev–Trinajstić information content (AvgIpc) is 3.48. The Morgan fingerprint density at radius 3 is 2.90 bits per heavy atom. The maximum Gasteiger partial charge on any atom is 0.157 e. The number of rotatable bonds is 6. The molecular formula is C21H23N7O. The Labute approximate surface area is 168 Å². The fourth-order valence-corrected chi connectivity index (χ4v) is 3.67. The monoisotopic (exact) mass is 389 g/mol. The molecule has 5 rings (SSSR count). The minimum atomic E-state index is 0.0661. The van der Waals surface area contributed by atoms with Crippen LogP contribution in [0.3, 0.4) is 0 Å². The zero-order chi connectivity index (χ0) is 19.6. The van der Waals surface area contributed by atoms with Gasteiger partial charge >= 0.3 is 0 Å². The van der Waals surface area contributed by atoms with Gasteiger partial charge in [0.05, 0.1) is 30.3 Å². The lowest BCUT2D eigenvalue weighted by Gasteiger charge is -2.20. The van der Waals surface area contributed by atoms with E-state index in [9.17, 15) is 0 Å². The van der Waals surface area contributed by atoms with E-state index in [4.69, 9.17) is 4.74 Å². The molecule has 0 radical (unpaired) electrons. The second-order valence-electron chi connectivity index (χ2n) is 7.34. The number of anilines is 1. The highest BCUT2D eigenvalue weighted by Gasteiger charge is 2.29. The lowest BCUT2D eigenvalue weighted by atomic mass is 10.1. The fraction of sp³-hybridized carbons (Fsp3) is 0.286. The van der Waals surface area contributed by atoms with Gasteiger partial charge in [-0.3, -0.25) is 9.78 Å². The van der Waals surface area contributed by atoms with Crippen LogP contribution in [0, 0.1) is 0 Å². The third kappa shape index (κ3) is 3.72. The van der Waals surface area contributed by atoms with E-state index in [2.05, 4.69) is 49.1 Å². The van der Waals surface area contributed by atoms with Gasteiger partial charge in [0.1, 0.15) is 0 Å². The highest BCUT2D eigenvalue weighted by molar-refractivity contribution is 5.90. The average molecular weight is 389 g/mol. The zero-order valence-electron chi connectivity index (χ0n) is 16.2. The molecule has 4 heterocycles. The maximum atomic E-state index is 6.17. The van der Waals surface area contributed by atoms with Crippen LogP contribution in [0.5, 0.6) is 0 Å². The summed E-state index contributed by atoms with van der Waals surface area (Å²) in [6, 6.07) is 12.5. The van der Waals surface area contributed by atoms with Crippen molar-refractivity contribution in [3.05, 3.63) is 60.6 Å². The van der Waals surface area contributed by atoms with E-state index in [-0.39, 0.29) is 12.1 Å². The number of nitrogens with one attached hydrogen (secondary N) is 3. The number of hydrogen-bond acceptors (Lipinski definition) is 6. The largest absolute Gasteiger partial charge is 0.370 e. The van der Waals surface area contributed by atoms with E-state index < -0.39 is 0 Å². The van der Waals surface area contributed by atoms with Gasteiger partial charge in [-0.05, 0) is 11.6 Å². The Morgan fingerprint density at radius 2 is 2.07 bits per heavy atom. The van der Waals surface area contributed by atoms with Crippen molar-refractivity contribution < 1.29 is 4.74 Å². The van der Waals surface area contributed by atoms with Crippen LogP contribution >= 0.6 is 0 Å². The quantitative estimate of drug-likeness (QED) is 0.469. The van der Waals surface area contributed by atoms with Crippen LogP contribution in [0.4, 0.5) is 5.82 Å². The van der Waals surface area contributed by atoms with Gasteiger partial charge in [-0.1, -0.05) is 30.3 Å². The Hall–Kier alpha value is -3.23. The first kappa shape index (κ1) is 17.8. The number of aromatic nitrogens is 5. The van der Waals surface area contributed by atoms with Crippen molar-refractivity contribution in [3.8, 4) is 11.1 Å². The molecule has 1 aliphatic rings. The number of benzene rings is 1. The number of ether oxygens (including phenoxy) is 1. The van der Waals surface area contributed by atoms with Gasteiger partial charge in [0, 0.05) is 43.7 Å². The van der Waals surface area contributed by atoms with Crippen LogP contribution in [0.1, 0.15) is 5.56 Å². The standard InChI is InChI=1S/C21H23N7O/c1-28-12-16(9-24-28)15-7-17-20(23-8-15)26-27-21(17)25-18-10-22-11-19(18)29-13-14-5-3-2-4-6-14/h2-9,12,18-19,22H,10-11,13H2,1H3,(H2,23,25,26,27)/t18-,19-/m1/s1. The predicted octanol–water partition coefficient (Wildman–Crippen LogP) is 2.33. The smallest absolute Gasteiger partial charge is 0.157 e. The summed E-state index contributed by atoms with van der Waals surface area (Å²) >= 11 is 0. The van der Waals surface area contributed by atoms with Crippen molar-refractivity contribution in [1.82, 2.24) is 30.3 Å². The SMILES string of the molecule is Cn1cc(-c2cnc3[nH]nc(N[C@@H]4CNC[C@H]4OCc4ccccc4)c3c2)cn1. The van der Waals surface area contributed by atoms with Crippen molar-refractivity contribution in [3.63, 3.8) is 0 Å². The van der Waals surface area contributed by atoms with Crippen LogP contribution in [0.2, 0.25) is 0 Å². The summed E-state index contributed by atoms with van der Waals surface area (Å²) in [5.41, 5.74) is 3.97. The summed E-state index contributed by atoms with van der Waals surface area (Å²) in [7, 11) is 1.91. The second kappa shape index (κ2) is 7.65. The van der Waals surface area contributed by atoms with Crippen LogP contribution in [-0.2, 0) is 18.4 Å². The number of aryl methyl sites for hydroxylation is 1. The third-order valence-corrected chi connectivity index (χ3v) is 5.24. The Kier molecular flexibility index (Phi) is 4.71. The van der Waals surface area contributed by atoms with E-state index in [1.165, 1.54) is 5.56 Å². The van der Waals surface area contributed by atoms with Crippen molar-refractivity contribution >= 4 is 16.9 Å². The molecule has 148 valence electrons. The number of pyridine rings is 1. The van der Waals surface area contributed by atoms with Gasteiger partial charge in [-0.2, -0.15) is 10.2 Å². The zero-order valence-corrected chi connectivity index (χ0v) is 16.2. The molecular weight excluding hydrogens is 366 g/mol. The number of hydrogen-bond donors (Lipinski definition) is 3. The normalized spacial score (nSPS) is 19.1. The molecule has 0 unspecified atom stereocenters. The van der Waals surface area contributed by atoms with Crippen LogP contribution in [0.25, 0.3) is 22.2 Å². The van der Waals surface area contributed by atoms with Crippen molar-refractivity contribution in [1.29, 1.82) is 0 Å². The van der Waals surface area contributed by atoms with E-state index in [0.717, 1.165) is 41.1 Å². The molecule has 0 bridgehead atoms. The van der Waals surface area contributed by atoms with Gasteiger partial charge < -0.3 is 15.4 Å². The number of H-pyrrole nitrogens is 1. The van der Waals surface area contributed by atoms with Crippen molar-refractivity contribution in [2.45, 2.75) is 18.8 Å². The minimum Gasteiger partial charge on any atom is -0.370 e. The fourth-order valence-electron chi connectivity index (χ4n) is 3.67. The molecule has 8 nitrogen and oxygen atoms in total. The topological polar surface area (TPSA) is 92.7 Å². The highest BCUT2D eigenvalue weighted by atomic mass is 16.5. The van der Waals surface area contributed by atoms with Crippen LogP contribution in [0.15, 0.2) is 55.0 Å². The molecule has 0 amide bonds. The molecule has 1 saturated heterocycles. The lowest BCUT2D eigenvalue weighted by molar-refractivity contribution is 0.0482. The van der Waals surface area contributed by atoms with Crippen molar-refractivity contribution in [2.24, 2.45) is 7.05 Å². The van der Waals surface area contributed by atoms with Crippen molar-refractivity contribution in [2.75, 3.05) is 18.4 Å². The van der Waals surface area contributed by atoms with Crippen LogP contribution < -0.4 is 10.6 Å². The van der Waals surface area contributed by atoms with Gasteiger partial charge in [0.2, 0.25) is 0 Å². The molecule has 2 atom stereocenters. The van der Waals surface area contributed by atoms with E-state index in [1.54, 1.807) is 4.68 Å². The van der Waals surface area contributed by atoms with E-state index >= 15 is 0 Å². The first-order valence-corrected chi connectivity index (χ1v) is 9.72. The molecule has 1 aromatic carbocycles. The summed E-state index contributed by atoms with van der Waals surface area (Å²) in [5.74, 6) is 0.792. The van der Waals surface area contributed by atoms with E-state index in [1.807, 2.05) is 43.8 Å². The summed E-state index contributed by atoms with van der Waals surface area (Å²) < 4.78 is 7.95. The van der Waals surface area contributed by atoms with Gasteiger partial charge in [0.15, 0.2) is 11.5 Å². The maximum absolute atomic E-state index is 6.17. The molecule has 0 saturated carbocycles. The summed E-state index contributed by atoms with van der Waals surface area (Å²) in [6.45, 7) is 2.23. The molecule has 4 aromatic rings. The molecule has 3 aromatic heterocycles. The molecule has 3 N–H and O–H groups in total. The second-order valence-corrected chi connectivity index (χ2v) is 7.34. The Balaban J connectivity index is 1.33. The number of nitrogens with zero attached hydrogens (tertiary/aromatic N) is 4. The van der Waals surface area contributed by atoms with Gasteiger partial charge in [-0.15, -0.1) is 0 Å². The van der Waals surface area contributed by atoms with Crippen LogP contribution in [-0.4, -0.2) is 50.2 Å². The number of aromatic amines is 1. The third-order valence-electron chi connectivity index (χ3n) is 5.24. The lowest BCUT2D eigenvalue weighted by Crippen LogP contribution is -2.34. The summed E-state index contributed by atoms with van der Waals surface area (Å²) in [5, 5.41) is 19.6. The first-order chi connectivity index (χ1) is 14.3.